The Morgan fingerprint density at radius 1 is 1.00 bits per heavy atom. The van der Waals surface area contributed by atoms with Crippen molar-refractivity contribution in [2.24, 2.45) is 5.41 Å². The van der Waals surface area contributed by atoms with E-state index in [1.807, 2.05) is 0 Å². The van der Waals surface area contributed by atoms with Crippen molar-refractivity contribution in [1.29, 1.82) is 0 Å². The smallest absolute Gasteiger partial charge is 0.0730 e. The molecule has 0 rings (SSSR count). The van der Waals surface area contributed by atoms with Gasteiger partial charge in [-0.15, -0.1) is 0 Å². The summed E-state index contributed by atoms with van der Waals surface area (Å²) in [5.41, 5.74) is 3.26. The summed E-state index contributed by atoms with van der Waals surface area (Å²) in [5.74, 6) is 0. The molecule has 0 aliphatic carbocycles. The van der Waals surface area contributed by atoms with Crippen LogP contribution in [0.1, 0.15) is 41.5 Å². The van der Waals surface area contributed by atoms with Crippen molar-refractivity contribution in [3.05, 3.63) is 0 Å². The molecule has 0 fully saturated rings. The SMILES string of the molecule is CC(C)(C)CONC(C)(C)C. The van der Waals surface area contributed by atoms with Crippen molar-refractivity contribution in [3.8, 4) is 0 Å². The molecule has 1 N–H and O–H groups in total. The molecule has 0 aromatic heterocycles. The predicted octanol–water partition coefficient (Wildman–Crippen LogP) is 2.35. The maximum atomic E-state index is 5.31. The van der Waals surface area contributed by atoms with Crippen molar-refractivity contribution in [2.45, 2.75) is 47.1 Å². The first-order valence-corrected chi connectivity index (χ1v) is 4.10. The van der Waals surface area contributed by atoms with Crippen LogP contribution in [0.25, 0.3) is 0 Å². The molecule has 11 heavy (non-hydrogen) atoms. The summed E-state index contributed by atoms with van der Waals surface area (Å²) < 4.78 is 0. The molecule has 0 aromatic carbocycles. The third-order valence-electron chi connectivity index (χ3n) is 0.884. The van der Waals surface area contributed by atoms with Gasteiger partial charge in [0.05, 0.1) is 6.61 Å². The topological polar surface area (TPSA) is 21.3 Å². The van der Waals surface area contributed by atoms with Crippen LogP contribution in [-0.4, -0.2) is 12.1 Å². The van der Waals surface area contributed by atoms with Crippen molar-refractivity contribution >= 4 is 0 Å². The zero-order chi connectivity index (χ0) is 9.12. The van der Waals surface area contributed by atoms with Gasteiger partial charge in [0.25, 0.3) is 0 Å². The van der Waals surface area contributed by atoms with E-state index in [0.717, 1.165) is 6.61 Å². The van der Waals surface area contributed by atoms with Gasteiger partial charge in [-0.3, -0.25) is 0 Å². The molecule has 0 spiro atoms. The Kier molecular flexibility index (Phi) is 3.52. The highest BCUT2D eigenvalue weighted by molar-refractivity contribution is 4.65. The Morgan fingerprint density at radius 3 is 1.73 bits per heavy atom. The minimum absolute atomic E-state index is 0.0469. The summed E-state index contributed by atoms with van der Waals surface area (Å²) in [6.45, 7) is 13.4. The van der Waals surface area contributed by atoms with Crippen LogP contribution in [0.4, 0.5) is 0 Å². The number of hydroxylamine groups is 1. The van der Waals surface area contributed by atoms with Crippen LogP contribution in [0.5, 0.6) is 0 Å². The molecule has 0 bridgehead atoms. The molecular formula is C9H21NO. The van der Waals surface area contributed by atoms with Gasteiger partial charge >= 0.3 is 0 Å². The van der Waals surface area contributed by atoms with E-state index in [2.05, 4.69) is 47.0 Å². The first-order valence-electron chi connectivity index (χ1n) is 4.10. The molecule has 0 saturated heterocycles. The van der Waals surface area contributed by atoms with E-state index >= 15 is 0 Å². The lowest BCUT2D eigenvalue weighted by atomic mass is 9.99. The van der Waals surface area contributed by atoms with Crippen molar-refractivity contribution in [1.82, 2.24) is 5.48 Å². The van der Waals surface area contributed by atoms with Crippen LogP contribution < -0.4 is 5.48 Å². The lowest BCUT2D eigenvalue weighted by molar-refractivity contribution is -0.0397. The van der Waals surface area contributed by atoms with Crippen molar-refractivity contribution in [2.75, 3.05) is 6.61 Å². The predicted molar refractivity (Wildman–Crippen MR) is 48.3 cm³/mol. The van der Waals surface area contributed by atoms with E-state index < -0.39 is 0 Å². The molecular weight excluding hydrogens is 138 g/mol. The summed E-state index contributed by atoms with van der Waals surface area (Å²) in [6, 6.07) is 0. The van der Waals surface area contributed by atoms with Gasteiger partial charge in [-0.1, -0.05) is 20.8 Å². The summed E-state index contributed by atoms with van der Waals surface area (Å²) in [5, 5.41) is 0. The first kappa shape index (κ1) is 10.9. The summed E-state index contributed by atoms with van der Waals surface area (Å²) >= 11 is 0. The molecule has 0 atom stereocenters. The molecule has 2 heteroatoms. The maximum Gasteiger partial charge on any atom is 0.0730 e. The second-order valence-corrected chi connectivity index (χ2v) is 5.20. The maximum absolute atomic E-state index is 5.31. The average molecular weight is 159 g/mol. The van der Waals surface area contributed by atoms with Gasteiger partial charge in [0, 0.05) is 5.54 Å². The van der Waals surface area contributed by atoms with Gasteiger partial charge in [-0.2, -0.15) is 5.48 Å². The quantitative estimate of drug-likeness (QED) is 0.624. The normalized spacial score (nSPS) is 13.6. The van der Waals surface area contributed by atoms with Crippen molar-refractivity contribution in [3.63, 3.8) is 0 Å². The zero-order valence-electron chi connectivity index (χ0n) is 8.62. The van der Waals surface area contributed by atoms with Crippen LogP contribution in [0.3, 0.4) is 0 Å². The molecule has 0 radical (unpaired) electrons. The Balaban J connectivity index is 3.44. The van der Waals surface area contributed by atoms with Gasteiger partial charge in [0.1, 0.15) is 0 Å². The highest BCUT2D eigenvalue weighted by atomic mass is 16.6. The van der Waals surface area contributed by atoms with Gasteiger partial charge in [-0.25, -0.2) is 0 Å². The Morgan fingerprint density at radius 2 is 1.45 bits per heavy atom. The lowest BCUT2D eigenvalue weighted by Gasteiger charge is -2.24. The van der Waals surface area contributed by atoms with E-state index in [0.29, 0.717) is 0 Å². The van der Waals surface area contributed by atoms with E-state index in [1.165, 1.54) is 0 Å². The molecule has 0 aliphatic rings. The number of hydrogen-bond acceptors (Lipinski definition) is 2. The molecule has 0 aliphatic heterocycles. The molecule has 0 saturated carbocycles. The average Bonchev–Trinajstić information content (AvgIpc) is 1.55. The molecule has 0 amide bonds. The second kappa shape index (κ2) is 3.55. The number of nitrogens with one attached hydrogen (secondary N) is 1. The largest absolute Gasteiger partial charge is 0.301 e. The third-order valence-corrected chi connectivity index (χ3v) is 0.884. The summed E-state index contributed by atoms with van der Waals surface area (Å²) in [4.78, 5) is 5.31. The summed E-state index contributed by atoms with van der Waals surface area (Å²) in [6.07, 6.45) is 0. The standard InChI is InChI=1S/C9H21NO/c1-8(2,3)7-11-10-9(4,5)6/h10H,7H2,1-6H3. The fourth-order valence-electron chi connectivity index (χ4n) is 0.469. The minimum atomic E-state index is 0.0469. The third kappa shape index (κ3) is 9.92. The number of rotatable bonds is 2. The molecule has 68 valence electrons. The van der Waals surface area contributed by atoms with E-state index in [-0.39, 0.29) is 11.0 Å². The van der Waals surface area contributed by atoms with Crippen LogP contribution in [-0.2, 0) is 4.84 Å². The van der Waals surface area contributed by atoms with Gasteiger partial charge in [0.15, 0.2) is 0 Å². The highest BCUT2D eigenvalue weighted by Gasteiger charge is 2.13. The molecule has 0 unspecified atom stereocenters. The van der Waals surface area contributed by atoms with Gasteiger partial charge in [0.2, 0.25) is 0 Å². The van der Waals surface area contributed by atoms with E-state index in [9.17, 15) is 0 Å². The van der Waals surface area contributed by atoms with E-state index in [1.54, 1.807) is 0 Å². The molecule has 0 aromatic rings. The zero-order valence-corrected chi connectivity index (χ0v) is 8.62. The number of hydrogen-bond donors (Lipinski definition) is 1. The van der Waals surface area contributed by atoms with Crippen molar-refractivity contribution < 1.29 is 4.84 Å². The minimum Gasteiger partial charge on any atom is -0.301 e. The van der Waals surface area contributed by atoms with Gasteiger partial charge < -0.3 is 4.84 Å². The van der Waals surface area contributed by atoms with E-state index in [4.69, 9.17) is 4.84 Å². The van der Waals surface area contributed by atoms with Crippen LogP contribution >= 0.6 is 0 Å². The molecule has 2 nitrogen and oxygen atoms in total. The fourth-order valence-corrected chi connectivity index (χ4v) is 0.469. The Labute approximate surface area is 70.3 Å². The lowest BCUT2D eigenvalue weighted by Crippen LogP contribution is -2.37. The Hall–Kier alpha value is -0.0800. The van der Waals surface area contributed by atoms with Crippen LogP contribution in [0, 0.1) is 5.41 Å². The highest BCUT2D eigenvalue weighted by Crippen LogP contribution is 2.12. The Bertz CT molecular complexity index is 93.7. The monoisotopic (exact) mass is 159 g/mol. The summed E-state index contributed by atoms with van der Waals surface area (Å²) in [7, 11) is 0. The van der Waals surface area contributed by atoms with Gasteiger partial charge in [-0.05, 0) is 26.2 Å². The second-order valence-electron chi connectivity index (χ2n) is 5.20. The molecule has 0 heterocycles. The van der Waals surface area contributed by atoms with Crippen LogP contribution in [0.2, 0.25) is 0 Å². The van der Waals surface area contributed by atoms with Crippen LogP contribution in [0.15, 0.2) is 0 Å². The fraction of sp³-hybridized carbons (Fsp3) is 1.00. The first-order chi connectivity index (χ1) is 4.71.